The molecule has 0 saturated carbocycles. The van der Waals surface area contributed by atoms with Crippen molar-refractivity contribution in [1.29, 1.82) is 0 Å². The average Bonchev–Trinajstić information content (AvgIpc) is 3.51. The molecule has 33 heavy (non-hydrogen) atoms. The number of ether oxygens (including phenoxy) is 1. The molecule has 4 rings (SSSR count). The van der Waals surface area contributed by atoms with Crippen LogP contribution in [0.4, 0.5) is 13.2 Å². The van der Waals surface area contributed by atoms with E-state index in [-0.39, 0.29) is 11.5 Å². The van der Waals surface area contributed by atoms with Crippen LogP contribution in [0.3, 0.4) is 0 Å². The van der Waals surface area contributed by atoms with Crippen LogP contribution >= 0.6 is 22.7 Å². The van der Waals surface area contributed by atoms with Crippen molar-refractivity contribution in [2.24, 2.45) is 10.2 Å². The number of aromatic hydroxyl groups is 1. The van der Waals surface area contributed by atoms with Crippen molar-refractivity contribution in [2.75, 3.05) is 0 Å². The van der Waals surface area contributed by atoms with Gasteiger partial charge in [-0.3, -0.25) is 10.2 Å². The van der Waals surface area contributed by atoms with Crippen molar-refractivity contribution in [3.63, 3.8) is 0 Å². The highest BCUT2D eigenvalue weighted by Gasteiger charge is 2.31. The highest BCUT2D eigenvalue weighted by molar-refractivity contribution is 7.16. The van der Waals surface area contributed by atoms with Gasteiger partial charge < -0.3 is 9.84 Å². The number of carbonyl (C=O) groups excluding carboxylic acids is 1. The molecule has 0 fully saturated rings. The molecule has 0 aliphatic carbocycles. The molecule has 0 saturated heterocycles. The molecule has 0 radical (unpaired) electrons. The lowest BCUT2D eigenvalue weighted by Gasteiger charge is -2.09. The molecule has 14 heteroatoms. The van der Waals surface area contributed by atoms with Gasteiger partial charge in [-0.15, -0.1) is 46.5 Å². The monoisotopic (exact) mass is 496 g/mol. The molecule has 1 aliphatic rings. The SMILES string of the molecule is CC(=NNC(=O)c1ccc(C2=NNNN2)s1)c1csc(-c2ccc(OC(F)(F)F)cc2)c1O. The molecule has 0 spiro atoms. The van der Waals surface area contributed by atoms with Crippen LogP contribution < -0.4 is 26.7 Å². The molecule has 3 aromatic rings. The van der Waals surface area contributed by atoms with Gasteiger partial charge in [0.25, 0.3) is 5.91 Å². The van der Waals surface area contributed by atoms with E-state index in [4.69, 9.17) is 0 Å². The third-order valence-corrected chi connectivity index (χ3v) is 6.41. The average molecular weight is 496 g/mol. The van der Waals surface area contributed by atoms with E-state index in [1.165, 1.54) is 34.8 Å². The Morgan fingerprint density at radius 1 is 1.21 bits per heavy atom. The summed E-state index contributed by atoms with van der Waals surface area (Å²) in [6.45, 7) is 1.61. The maximum absolute atomic E-state index is 12.4. The predicted octanol–water partition coefficient (Wildman–Crippen LogP) is 3.51. The number of rotatable bonds is 6. The molecule has 1 aliphatic heterocycles. The zero-order valence-corrected chi connectivity index (χ0v) is 18.3. The summed E-state index contributed by atoms with van der Waals surface area (Å²) < 4.78 is 40.8. The van der Waals surface area contributed by atoms with Crippen molar-refractivity contribution in [3.8, 4) is 21.9 Å². The van der Waals surface area contributed by atoms with Gasteiger partial charge in [-0.1, -0.05) is 0 Å². The summed E-state index contributed by atoms with van der Waals surface area (Å²) in [5.74, 6) is -0.334. The number of hydrazine groups is 2. The highest BCUT2D eigenvalue weighted by Crippen LogP contribution is 2.39. The minimum Gasteiger partial charge on any atom is -0.506 e. The van der Waals surface area contributed by atoms with Gasteiger partial charge in [-0.25, -0.2) is 11.0 Å². The van der Waals surface area contributed by atoms with Crippen molar-refractivity contribution in [1.82, 2.24) is 21.9 Å². The number of alkyl halides is 3. The molecule has 172 valence electrons. The van der Waals surface area contributed by atoms with E-state index in [1.54, 1.807) is 24.4 Å². The lowest BCUT2D eigenvalue weighted by atomic mass is 10.1. The summed E-state index contributed by atoms with van der Waals surface area (Å²) in [7, 11) is 0. The number of halogens is 3. The lowest BCUT2D eigenvalue weighted by Crippen LogP contribution is -2.34. The second-order valence-corrected chi connectivity index (χ2v) is 8.49. The Bertz CT molecular complexity index is 1230. The highest BCUT2D eigenvalue weighted by atomic mass is 32.1. The summed E-state index contributed by atoms with van der Waals surface area (Å²) in [5, 5.41) is 20.2. The summed E-state index contributed by atoms with van der Waals surface area (Å²) in [4.78, 5) is 14.0. The molecular formula is C19H15F3N6O3S2. The Hall–Kier alpha value is -3.62. The van der Waals surface area contributed by atoms with Crippen LogP contribution in [0.15, 0.2) is 52.0 Å². The molecule has 1 amide bonds. The fraction of sp³-hybridized carbons (Fsp3) is 0.105. The van der Waals surface area contributed by atoms with Gasteiger partial charge in [0.15, 0.2) is 5.84 Å². The summed E-state index contributed by atoms with van der Waals surface area (Å²) in [5.41, 5.74) is 11.6. The number of amides is 1. The van der Waals surface area contributed by atoms with Crippen LogP contribution in [0.25, 0.3) is 10.4 Å². The minimum atomic E-state index is -4.78. The van der Waals surface area contributed by atoms with E-state index in [0.29, 0.717) is 32.4 Å². The molecule has 2 aromatic heterocycles. The minimum absolute atomic E-state index is 0.0938. The Labute approximate surface area is 192 Å². The topological polar surface area (TPSA) is 119 Å². The third-order valence-electron chi connectivity index (χ3n) is 4.30. The van der Waals surface area contributed by atoms with Crippen LogP contribution in [0, 0.1) is 0 Å². The van der Waals surface area contributed by atoms with E-state index in [1.807, 2.05) is 0 Å². The molecule has 5 N–H and O–H groups in total. The first-order valence-corrected chi connectivity index (χ1v) is 10.9. The van der Waals surface area contributed by atoms with Crippen molar-refractivity contribution < 1.29 is 27.8 Å². The Morgan fingerprint density at radius 3 is 2.64 bits per heavy atom. The smallest absolute Gasteiger partial charge is 0.506 e. The number of benzene rings is 1. The Kier molecular flexibility index (Phi) is 6.22. The van der Waals surface area contributed by atoms with E-state index in [0.717, 1.165) is 17.0 Å². The largest absolute Gasteiger partial charge is 0.573 e. The number of nitrogens with one attached hydrogen (secondary N) is 4. The van der Waals surface area contributed by atoms with Crippen LogP contribution in [-0.4, -0.2) is 28.9 Å². The summed E-state index contributed by atoms with van der Waals surface area (Å²) in [6, 6.07) is 8.52. The molecular weight excluding hydrogens is 481 g/mol. The number of nitrogens with zero attached hydrogens (tertiary/aromatic N) is 2. The zero-order chi connectivity index (χ0) is 23.6. The number of hydrogen-bond acceptors (Lipinski definition) is 10. The van der Waals surface area contributed by atoms with Gasteiger partial charge in [0, 0.05) is 5.38 Å². The number of hydrazone groups is 2. The van der Waals surface area contributed by atoms with Gasteiger partial charge in [0.1, 0.15) is 11.5 Å². The first kappa shape index (κ1) is 22.6. The maximum atomic E-state index is 12.4. The lowest BCUT2D eigenvalue weighted by molar-refractivity contribution is -0.274. The maximum Gasteiger partial charge on any atom is 0.573 e. The standard InChI is InChI=1S/C19H15F3N6O3S2/c1-9(23-26-18(30)14-7-6-13(33-14)17-24-27-28-25-17)12-8-32-16(15(12)29)10-2-4-11(5-3-10)31-19(20,21)22/h2-8,27-29H,1H3,(H,24,25)(H,26,30). The summed E-state index contributed by atoms with van der Waals surface area (Å²) in [6.07, 6.45) is -4.78. The van der Waals surface area contributed by atoms with Crippen LogP contribution in [0.1, 0.15) is 27.0 Å². The quantitative estimate of drug-likeness (QED) is 0.263. The fourth-order valence-electron chi connectivity index (χ4n) is 2.77. The normalized spacial score (nSPS) is 13.8. The van der Waals surface area contributed by atoms with E-state index >= 15 is 0 Å². The number of hydrogen-bond donors (Lipinski definition) is 5. The Morgan fingerprint density at radius 2 is 1.97 bits per heavy atom. The van der Waals surface area contributed by atoms with Gasteiger partial charge in [-0.2, -0.15) is 5.10 Å². The van der Waals surface area contributed by atoms with E-state index < -0.39 is 12.3 Å². The molecule has 3 heterocycles. The van der Waals surface area contributed by atoms with E-state index in [9.17, 15) is 23.1 Å². The van der Waals surface area contributed by atoms with Crippen molar-refractivity contribution in [2.45, 2.75) is 13.3 Å². The van der Waals surface area contributed by atoms with E-state index in [2.05, 4.69) is 36.9 Å². The van der Waals surface area contributed by atoms with Crippen LogP contribution in [0.5, 0.6) is 11.5 Å². The molecule has 0 bridgehead atoms. The summed E-state index contributed by atoms with van der Waals surface area (Å²) >= 11 is 2.40. The van der Waals surface area contributed by atoms with Crippen molar-refractivity contribution in [3.05, 3.63) is 57.1 Å². The molecule has 9 nitrogen and oxygen atoms in total. The number of carbonyl (C=O) groups is 1. The van der Waals surface area contributed by atoms with Gasteiger partial charge in [0.2, 0.25) is 0 Å². The van der Waals surface area contributed by atoms with Gasteiger partial charge in [-0.05, 0) is 48.9 Å². The first-order valence-electron chi connectivity index (χ1n) is 9.17. The molecule has 0 unspecified atom stereocenters. The third kappa shape index (κ3) is 5.24. The van der Waals surface area contributed by atoms with Gasteiger partial charge in [0.05, 0.1) is 25.9 Å². The number of amidine groups is 1. The predicted molar refractivity (Wildman–Crippen MR) is 118 cm³/mol. The zero-order valence-electron chi connectivity index (χ0n) is 16.6. The molecule has 0 atom stereocenters. The van der Waals surface area contributed by atoms with Crippen molar-refractivity contribution >= 4 is 40.1 Å². The van der Waals surface area contributed by atoms with Gasteiger partial charge >= 0.3 is 6.36 Å². The fourth-order valence-corrected chi connectivity index (χ4v) is 4.63. The van der Waals surface area contributed by atoms with Crippen LogP contribution in [-0.2, 0) is 0 Å². The molecule has 1 aromatic carbocycles. The second kappa shape index (κ2) is 9.09. The first-order chi connectivity index (χ1) is 15.7. The Balaban J connectivity index is 1.44. The van der Waals surface area contributed by atoms with Crippen LogP contribution in [0.2, 0.25) is 0 Å². The number of thiophene rings is 2. The second-order valence-electron chi connectivity index (χ2n) is 6.52.